The van der Waals surface area contributed by atoms with Crippen LogP contribution in [0.2, 0.25) is 0 Å². The molecular weight excluding hydrogens is 365 g/mol. The summed E-state index contributed by atoms with van der Waals surface area (Å²) in [6.07, 6.45) is 2.87. The molecule has 2 aromatic heterocycles. The number of carbonyl (C=O) groups is 1. The zero-order chi connectivity index (χ0) is 19.5. The second-order valence-electron chi connectivity index (χ2n) is 6.65. The van der Waals surface area contributed by atoms with E-state index < -0.39 is 11.7 Å². The maximum atomic E-state index is 14.2. The topological polar surface area (TPSA) is 101 Å². The Balaban J connectivity index is 1.48. The number of pyridine rings is 1. The van der Waals surface area contributed by atoms with Gasteiger partial charge in [-0.1, -0.05) is 0 Å². The average Bonchev–Trinajstić information content (AvgIpc) is 2.75. The zero-order valence-electron chi connectivity index (χ0n) is 15.4. The number of ether oxygens (including phenoxy) is 1. The summed E-state index contributed by atoms with van der Waals surface area (Å²) in [5.41, 5.74) is 5.86. The van der Waals surface area contributed by atoms with E-state index >= 15 is 0 Å². The number of halogens is 1. The van der Waals surface area contributed by atoms with Crippen LogP contribution in [-0.2, 0) is 4.74 Å². The molecule has 2 N–H and O–H groups in total. The van der Waals surface area contributed by atoms with Gasteiger partial charge in [0.15, 0.2) is 11.6 Å². The standard InChI is InChI=1S/C18H22FN7O2/c19-14-12-22-18(23-17(14)25-8-10-28-11-9-25)26-6-4-24(5-7-26)16-13(15(20)27)2-1-3-21-16/h1-3,12H,4-11H2,(H2,20,27). The summed E-state index contributed by atoms with van der Waals surface area (Å²) in [7, 11) is 0. The molecule has 2 aromatic rings. The predicted octanol–water partition coefficient (Wildman–Crippen LogP) is 0.273. The number of hydrogen-bond acceptors (Lipinski definition) is 8. The molecule has 2 aliphatic heterocycles. The second-order valence-corrected chi connectivity index (χ2v) is 6.65. The molecule has 10 heteroatoms. The molecule has 0 aliphatic carbocycles. The molecule has 4 heterocycles. The van der Waals surface area contributed by atoms with Gasteiger partial charge in [-0.15, -0.1) is 0 Å². The van der Waals surface area contributed by atoms with Crippen molar-refractivity contribution in [3.05, 3.63) is 35.9 Å². The number of nitrogens with zero attached hydrogens (tertiary/aromatic N) is 6. The minimum absolute atomic E-state index is 0.316. The zero-order valence-corrected chi connectivity index (χ0v) is 15.4. The van der Waals surface area contributed by atoms with Crippen molar-refractivity contribution in [2.24, 2.45) is 5.73 Å². The number of aromatic nitrogens is 3. The van der Waals surface area contributed by atoms with Crippen molar-refractivity contribution in [1.82, 2.24) is 15.0 Å². The van der Waals surface area contributed by atoms with Crippen molar-refractivity contribution in [2.75, 3.05) is 67.2 Å². The van der Waals surface area contributed by atoms with Gasteiger partial charge in [-0.2, -0.15) is 4.98 Å². The summed E-state index contributed by atoms with van der Waals surface area (Å²) in [5, 5.41) is 0. The Morgan fingerprint density at radius 1 is 1.00 bits per heavy atom. The molecule has 0 radical (unpaired) electrons. The Bertz CT molecular complexity index is 852. The fourth-order valence-corrected chi connectivity index (χ4v) is 3.46. The largest absolute Gasteiger partial charge is 0.378 e. The first kappa shape index (κ1) is 18.4. The van der Waals surface area contributed by atoms with Gasteiger partial charge in [0.05, 0.1) is 25.0 Å². The summed E-state index contributed by atoms with van der Waals surface area (Å²) in [6, 6.07) is 3.37. The third-order valence-corrected chi connectivity index (χ3v) is 4.94. The van der Waals surface area contributed by atoms with Crippen molar-refractivity contribution in [2.45, 2.75) is 0 Å². The lowest BCUT2D eigenvalue weighted by Gasteiger charge is -2.36. The molecule has 28 heavy (non-hydrogen) atoms. The molecular formula is C18H22FN7O2. The Hall–Kier alpha value is -3.01. The lowest BCUT2D eigenvalue weighted by Crippen LogP contribution is -2.48. The van der Waals surface area contributed by atoms with Crippen LogP contribution < -0.4 is 20.4 Å². The van der Waals surface area contributed by atoms with Crippen LogP contribution in [0.1, 0.15) is 10.4 Å². The molecule has 0 atom stereocenters. The third kappa shape index (κ3) is 3.68. The van der Waals surface area contributed by atoms with Crippen LogP contribution >= 0.6 is 0 Å². The lowest BCUT2D eigenvalue weighted by molar-refractivity contribution is 0.100. The summed E-state index contributed by atoms with van der Waals surface area (Å²) in [6.45, 7) is 4.85. The van der Waals surface area contributed by atoms with E-state index in [1.165, 1.54) is 6.20 Å². The highest BCUT2D eigenvalue weighted by Crippen LogP contribution is 2.23. The van der Waals surface area contributed by atoms with Crippen LogP contribution in [0.4, 0.5) is 22.0 Å². The maximum absolute atomic E-state index is 14.2. The first-order chi connectivity index (χ1) is 13.6. The molecule has 0 spiro atoms. The molecule has 4 rings (SSSR count). The van der Waals surface area contributed by atoms with Gasteiger partial charge in [0, 0.05) is 45.5 Å². The van der Waals surface area contributed by atoms with Crippen molar-refractivity contribution < 1.29 is 13.9 Å². The average molecular weight is 387 g/mol. The summed E-state index contributed by atoms with van der Waals surface area (Å²) in [4.78, 5) is 30.5. The summed E-state index contributed by atoms with van der Waals surface area (Å²) >= 11 is 0. The number of anilines is 3. The molecule has 0 unspecified atom stereocenters. The van der Waals surface area contributed by atoms with Crippen molar-refractivity contribution >= 4 is 23.5 Å². The third-order valence-electron chi connectivity index (χ3n) is 4.94. The number of hydrogen-bond donors (Lipinski definition) is 1. The lowest BCUT2D eigenvalue weighted by atomic mass is 10.2. The van der Waals surface area contributed by atoms with E-state index in [2.05, 4.69) is 15.0 Å². The van der Waals surface area contributed by atoms with Gasteiger partial charge in [0.25, 0.3) is 5.91 Å². The number of carbonyl (C=O) groups excluding carboxylic acids is 1. The van der Waals surface area contributed by atoms with E-state index in [9.17, 15) is 9.18 Å². The molecule has 2 saturated heterocycles. The minimum atomic E-state index is -0.498. The van der Waals surface area contributed by atoms with Crippen LogP contribution in [-0.4, -0.2) is 73.3 Å². The fourth-order valence-electron chi connectivity index (χ4n) is 3.46. The number of piperazine rings is 1. The maximum Gasteiger partial charge on any atom is 0.252 e. The number of rotatable bonds is 4. The minimum Gasteiger partial charge on any atom is -0.378 e. The van der Waals surface area contributed by atoms with E-state index in [0.29, 0.717) is 75.6 Å². The number of nitrogens with two attached hydrogens (primary N) is 1. The van der Waals surface area contributed by atoms with E-state index in [1.807, 2.05) is 14.7 Å². The van der Waals surface area contributed by atoms with Crippen LogP contribution in [0.15, 0.2) is 24.5 Å². The number of morpholine rings is 1. The SMILES string of the molecule is NC(=O)c1cccnc1N1CCN(c2ncc(F)c(N3CCOCC3)n2)CC1. The van der Waals surface area contributed by atoms with Crippen LogP contribution in [0.5, 0.6) is 0 Å². The monoisotopic (exact) mass is 387 g/mol. The van der Waals surface area contributed by atoms with Crippen molar-refractivity contribution in [3.8, 4) is 0 Å². The molecule has 0 bridgehead atoms. The van der Waals surface area contributed by atoms with Gasteiger partial charge in [0.1, 0.15) is 5.82 Å². The van der Waals surface area contributed by atoms with Gasteiger partial charge < -0.3 is 25.2 Å². The highest BCUT2D eigenvalue weighted by atomic mass is 19.1. The number of primary amides is 1. The van der Waals surface area contributed by atoms with E-state index in [1.54, 1.807) is 18.3 Å². The van der Waals surface area contributed by atoms with Crippen molar-refractivity contribution in [3.63, 3.8) is 0 Å². The van der Waals surface area contributed by atoms with E-state index in [-0.39, 0.29) is 0 Å². The molecule has 0 saturated carbocycles. The molecule has 2 aliphatic rings. The summed E-state index contributed by atoms with van der Waals surface area (Å²) in [5.74, 6) is 0.477. The van der Waals surface area contributed by atoms with Gasteiger partial charge in [-0.25, -0.2) is 14.4 Å². The quantitative estimate of drug-likeness (QED) is 0.798. The van der Waals surface area contributed by atoms with E-state index in [0.717, 1.165) is 0 Å². The first-order valence-electron chi connectivity index (χ1n) is 9.23. The number of amides is 1. The summed E-state index contributed by atoms with van der Waals surface area (Å²) < 4.78 is 19.6. The highest BCUT2D eigenvalue weighted by molar-refractivity contribution is 5.97. The predicted molar refractivity (Wildman–Crippen MR) is 102 cm³/mol. The van der Waals surface area contributed by atoms with Crippen LogP contribution in [0.25, 0.3) is 0 Å². The normalized spacial score (nSPS) is 17.7. The van der Waals surface area contributed by atoms with Gasteiger partial charge in [-0.05, 0) is 12.1 Å². The van der Waals surface area contributed by atoms with Gasteiger partial charge in [-0.3, -0.25) is 4.79 Å². The second kappa shape index (κ2) is 7.93. The Morgan fingerprint density at radius 3 is 2.39 bits per heavy atom. The smallest absolute Gasteiger partial charge is 0.252 e. The van der Waals surface area contributed by atoms with Crippen LogP contribution in [0, 0.1) is 5.82 Å². The molecule has 2 fully saturated rings. The Morgan fingerprint density at radius 2 is 1.68 bits per heavy atom. The van der Waals surface area contributed by atoms with E-state index in [4.69, 9.17) is 10.5 Å². The van der Waals surface area contributed by atoms with Crippen LogP contribution in [0.3, 0.4) is 0 Å². The molecule has 148 valence electrons. The Labute approximate surface area is 161 Å². The molecule has 0 aromatic carbocycles. The first-order valence-corrected chi connectivity index (χ1v) is 9.23. The molecule has 1 amide bonds. The fraction of sp³-hybridized carbons (Fsp3) is 0.444. The van der Waals surface area contributed by atoms with Gasteiger partial charge >= 0.3 is 0 Å². The van der Waals surface area contributed by atoms with Gasteiger partial charge in [0.2, 0.25) is 5.95 Å². The Kier molecular flexibility index (Phi) is 5.20. The highest BCUT2D eigenvalue weighted by Gasteiger charge is 2.25. The van der Waals surface area contributed by atoms with Crippen molar-refractivity contribution in [1.29, 1.82) is 0 Å². The molecule has 9 nitrogen and oxygen atoms in total.